The van der Waals surface area contributed by atoms with Crippen molar-refractivity contribution >= 4 is 11.7 Å². The zero-order valence-electron chi connectivity index (χ0n) is 17.7. The van der Waals surface area contributed by atoms with Gasteiger partial charge in [0.2, 0.25) is 5.78 Å². The van der Waals surface area contributed by atoms with E-state index in [2.05, 4.69) is 18.8 Å². The van der Waals surface area contributed by atoms with Crippen molar-refractivity contribution in [1.82, 2.24) is 9.88 Å². The van der Waals surface area contributed by atoms with Gasteiger partial charge in [0.15, 0.2) is 11.5 Å². The Balaban J connectivity index is 1.79. The van der Waals surface area contributed by atoms with Crippen molar-refractivity contribution in [2.24, 2.45) is 0 Å². The van der Waals surface area contributed by atoms with Gasteiger partial charge in [0.25, 0.3) is 5.91 Å². The molecule has 0 bridgehead atoms. The topological polar surface area (TPSA) is 83.6 Å². The molecule has 158 valence electrons. The fourth-order valence-corrected chi connectivity index (χ4v) is 3.84. The summed E-state index contributed by atoms with van der Waals surface area (Å²) in [6.07, 6.45) is 3.32. The Hall–Kier alpha value is -3.67. The standard InChI is InChI=1S/C25H24N2O4/c1-15(2)18-7-9-19(10-8-18)22-21(23(28)20-11-6-16(3)31-20)24(29)25(30)27(22)14-17-5-4-12-26-13-17/h4-13,15,22,29H,14H2,1-3H3/t22-/m0/s1. The molecule has 6 heteroatoms. The van der Waals surface area contributed by atoms with Crippen LogP contribution < -0.4 is 0 Å². The Bertz CT molecular complexity index is 1140. The maximum absolute atomic E-state index is 13.3. The molecule has 0 fully saturated rings. The van der Waals surface area contributed by atoms with E-state index < -0.39 is 23.5 Å². The third-order valence-electron chi connectivity index (χ3n) is 5.51. The molecule has 1 amide bonds. The number of amides is 1. The number of Topliss-reactive ketones (excluding diaryl/α,β-unsaturated/α-hetero) is 1. The monoisotopic (exact) mass is 416 g/mol. The fraction of sp³-hybridized carbons (Fsp3) is 0.240. The first-order chi connectivity index (χ1) is 14.9. The average Bonchev–Trinajstić information content (AvgIpc) is 3.31. The second-order valence-electron chi connectivity index (χ2n) is 8.02. The number of pyridine rings is 1. The normalized spacial score (nSPS) is 16.5. The molecule has 0 unspecified atom stereocenters. The Morgan fingerprint density at radius 2 is 1.90 bits per heavy atom. The number of aryl methyl sites for hydroxylation is 1. The number of furan rings is 1. The van der Waals surface area contributed by atoms with Crippen LogP contribution in [0.1, 0.15) is 58.8 Å². The number of rotatable bonds is 6. The number of aliphatic hydroxyl groups is 1. The van der Waals surface area contributed by atoms with Gasteiger partial charge in [-0.3, -0.25) is 14.6 Å². The Labute approximate surface area is 180 Å². The van der Waals surface area contributed by atoms with Crippen molar-refractivity contribution in [1.29, 1.82) is 0 Å². The molecule has 0 saturated carbocycles. The number of ketones is 1. The predicted octanol–water partition coefficient (Wildman–Crippen LogP) is 4.88. The van der Waals surface area contributed by atoms with Crippen LogP contribution in [0.3, 0.4) is 0 Å². The molecule has 3 aromatic rings. The molecular formula is C25H24N2O4. The molecule has 6 nitrogen and oxygen atoms in total. The van der Waals surface area contributed by atoms with E-state index in [1.807, 2.05) is 30.3 Å². The lowest BCUT2D eigenvalue weighted by atomic mass is 9.93. The van der Waals surface area contributed by atoms with Crippen LogP contribution in [0.25, 0.3) is 0 Å². The molecule has 1 aliphatic heterocycles. The van der Waals surface area contributed by atoms with Crippen LogP contribution >= 0.6 is 0 Å². The molecule has 0 radical (unpaired) electrons. The molecule has 4 rings (SSSR count). The van der Waals surface area contributed by atoms with Gasteiger partial charge in [-0.05, 0) is 47.7 Å². The van der Waals surface area contributed by atoms with Crippen molar-refractivity contribution in [2.45, 2.75) is 39.3 Å². The molecule has 0 aliphatic carbocycles. The maximum Gasteiger partial charge on any atom is 0.290 e. The van der Waals surface area contributed by atoms with E-state index in [4.69, 9.17) is 4.42 Å². The smallest absolute Gasteiger partial charge is 0.290 e. The summed E-state index contributed by atoms with van der Waals surface area (Å²) in [5.41, 5.74) is 2.72. The first-order valence-corrected chi connectivity index (χ1v) is 10.2. The van der Waals surface area contributed by atoms with Crippen LogP contribution in [0.15, 0.2) is 76.7 Å². The summed E-state index contributed by atoms with van der Waals surface area (Å²) in [4.78, 5) is 31.9. The zero-order valence-corrected chi connectivity index (χ0v) is 17.7. The van der Waals surface area contributed by atoms with Gasteiger partial charge in [0.05, 0.1) is 11.6 Å². The van der Waals surface area contributed by atoms with Crippen LogP contribution in [0.5, 0.6) is 0 Å². The minimum atomic E-state index is -0.730. The highest BCUT2D eigenvalue weighted by Gasteiger charge is 2.44. The molecule has 1 N–H and O–H groups in total. The molecule has 1 aromatic carbocycles. The van der Waals surface area contributed by atoms with Gasteiger partial charge in [-0.25, -0.2) is 0 Å². The number of carbonyl (C=O) groups excluding carboxylic acids is 2. The van der Waals surface area contributed by atoms with E-state index in [1.54, 1.807) is 37.5 Å². The minimum absolute atomic E-state index is 0.0283. The Kier molecular flexibility index (Phi) is 5.46. The van der Waals surface area contributed by atoms with Crippen molar-refractivity contribution in [2.75, 3.05) is 0 Å². The second kappa shape index (κ2) is 8.22. The maximum atomic E-state index is 13.3. The van der Waals surface area contributed by atoms with Crippen LogP contribution in [-0.2, 0) is 11.3 Å². The average molecular weight is 416 g/mol. The van der Waals surface area contributed by atoms with Crippen LogP contribution in [-0.4, -0.2) is 26.7 Å². The number of hydrogen-bond donors (Lipinski definition) is 1. The van der Waals surface area contributed by atoms with Gasteiger partial charge in [-0.2, -0.15) is 0 Å². The minimum Gasteiger partial charge on any atom is -0.503 e. The molecule has 0 saturated heterocycles. The number of hydrogen-bond acceptors (Lipinski definition) is 5. The van der Waals surface area contributed by atoms with Crippen molar-refractivity contribution < 1.29 is 19.1 Å². The first kappa shape index (κ1) is 20.6. The van der Waals surface area contributed by atoms with E-state index in [-0.39, 0.29) is 17.9 Å². The summed E-state index contributed by atoms with van der Waals surface area (Å²) >= 11 is 0. The van der Waals surface area contributed by atoms with Gasteiger partial charge in [-0.15, -0.1) is 0 Å². The van der Waals surface area contributed by atoms with Gasteiger partial charge in [0.1, 0.15) is 5.76 Å². The quantitative estimate of drug-likeness (QED) is 0.579. The zero-order chi connectivity index (χ0) is 22.1. The lowest BCUT2D eigenvalue weighted by Gasteiger charge is -2.27. The number of benzene rings is 1. The van der Waals surface area contributed by atoms with Gasteiger partial charge in [0, 0.05) is 18.9 Å². The molecule has 3 heterocycles. The largest absolute Gasteiger partial charge is 0.503 e. The van der Waals surface area contributed by atoms with Crippen LogP contribution in [0, 0.1) is 6.92 Å². The van der Waals surface area contributed by atoms with E-state index in [0.29, 0.717) is 11.7 Å². The lowest BCUT2D eigenvalue weighted by molar-refractivity contribution is -0.130. The van der Waals surface area contributed by atoms with Gasteiger partial charge in [-0.1, -0.05) is 44.2 Å². The third kappa shape index (κ3) is 3.89. The summed E-state index contributed by atoms with van der Waals surface area (Å²) in [5, 5.41) is 10.7. The fourth-order valence-electron chi connectivity index (χ4n) is 3.84. The van der Waals surface area contributed by atoms with Crippen molar-refractivity contribution in [3.8, 4) is 0 Å². The van der Waals surface area contributed by atoms with E-state index in [1.165, 1.54) is 4.90 Å². The summed E-state index contributed by atoms with van der Waals surface area (Å²) in [5.74, 6) is -0.599. The van der Waals surface area contributed by atoms with E-state index in [0.717, 1.165) is 16.7 Å². The molecule has 1 atom stereocenters. The molecular weight excluding hydrogens is 392 g/mol. The Morgan fingerprint density at radius 1 is 1.16 bits per heavy atom. The number of aliphatic hydroxyl groups excluding tert-OH is 1. The Morgan fingerprint density at radius 3 is 2.48 bits per heavy atom. The molecule has 1 aliphatic rings. The highest BCUT2D eigenvalue weighted by atomic mass is 16.3. The molecule has 0 spiro atoms. The highest BCUT2D eigenvalue weighted by Crippen LogP contribution is 2.40. The number of aromatic nitrogens is 1. The van der Waals surface area contributed by atoms with E-state index in [9.17, 15) is 14.7 Å². The van der Waals surface area contributed by atoms with Crippen LogP contribution in [0.2, 0.25) is 0 Å². The first-order valence-electron chi connectivity index (χ1n) is 10.2. The van der Waals surface area contributed by atoms with Gasteiger partial charge < -0.3 is 14.4 Å². The van der Waals surface area contributed by atoms with E-state index >= 15 is 0 Å². The number of carbonyl (C=O) groups is 2. The van der Waals surface area contributed by atoms with Crippen molar-refractivity contribution in [3.63, 3.8) is 0 Å². The van der Waals surface area contributed by atoms with Crippen LogP contribution in [0.4, 0.5) is 0 Å². The number of nitrogens with zero attached hydrogens (tertiary/aromatic N) is 2. The molecule has 31 heavy (non-hydrogen) atoms. The summed E-state index contributed by atoms with van der Waals surface area (Å²) < 4.78 is 5.49. The summed E-state index contributed by atoms with van der Waals surface area (Å²) in [7, 11) is 0. The summed E-state index contributed by atoms with van der Waals surface area (Å²) in [6, 6.07) is 13.9. The van der Waals surface area contributed by atoms with Crippen molar-refractivity contribution in [3.05, 3.63) is 100 Å². The van der Waals surface area contributed by atoms with Gasteiger partial charge >= 0.3 is 0 Å². The second-order valence-corrected chi connectivity index (χ2v) is 8.02. The predicted molar refractivity (Wildman–Crippen MR) is 115 cm³/mol. The lowest BCUT2D eigenvalue weighted by Crippen LogP contribution is -2.30. The SMILES string of the molecule is Cc1ccc(C(=O)C2=C(O)C(=O)N(Cc3cccnc3)[C@H]2c2ccc(C(C)C)cc2)o1. The summed E-state index contributed by atoms with van der Waals surface area (Å²) in [6.45, 7) is 6.15. The highest BCUT2D eigenvalue weighted by molar-refractivity contribution is 6.15. The third-order valence-corrected chi connectivity index (χ3v) is 5.51. The molecule has 2 aromatic heterocycles.